The minimum atomic E-state index is -3.19. The van der Waals surface area contributed by atoms with Crippen molar-refractivity contribution in [3.05, 3.63) is 0 Å². The largest absolute Gasteiger partial charge is 0.354 e. The maximum Gasteiger partial charge on any atom is 0.227 e. The molecule has 4 N–H and O–H groups in total. The zero-order valence-corrected chi connectivity index (χ0v) is 11.1. The number of hydrogen-bond acceptors (Lipinski definition) is 4. The van der Waals surface area contributed by atoms with E-state index in [0.717, 1.165) is 19.1 Å². The Bertz CT molecular complexity index is 374. The van der Waals surface area contributed by atoms with Gasteiger partial charge < -0.3 is 11.1 Å². The van der Waals surface area contributed by atoms with Gasteiger partial charge >= 0.3 is 0 Å². The summed E-state index contributed by atoms with van der Waals surface area (Å²) in [6, 6.07) is 0. The predicted molar refractivity (Wildman–Crippen MR) is 65.7 cm³/mol. The molecule has 17 heavy (non-hydrogen) atoms. The number of nitrogens with one attached hydrogen (secondary N) is 2. The molecular formula is C10H21N3O3S. The van der Waals surface area contributed by atoms with Crippen molar-refractivity contribution in [1.82, 2.24) is 10.0 Å². The quantitative estimate of drug-likeness (QED) is 0.536. The SMILES string of the molecule is CC1CC(CN)(C(=O)NCCNS(C)(=O)=O)C1. The minimum absolute atomic E-state index is 0.0617. The smallest absolute Gasteiger partial charge is 0.227 e. The van der Waals surface area contributed by atoms with Crippen molar-refractivity contribution < 1.29 is 13.2 Å². The number of amides is 1. The molecule has 1 fully saturated rings. The first-order valence-corrected chi connectivity index (χ1v) is 7.61. The van der Waals surface area contributed by atoms with Gasteiger partial charge in [0, 0.05) is 19.6 Å². The van der Waals surface area contributed by atoms with E-state index >= 15 is 0 Å². The van der Waals surface area contributed by atoms with Crippen LogP contribution in [-0.4, -0.2) is 40.2 Å². The molecule has 0 radical (unpaired) electrons. The molecule has 0 spiro atoms. The summed E-state index contributed by atoms with van der Waals surface area (Å²) in [5.41, 5.74) is 5.21. The van der Waals surface area contributed by atoms with Gasteiger partial charge in [0.2, 0.25) is 15.9 Å². The average Bonchev–Trinajstić information content (AvgIpc) is 2.17. The van der Waals surface area contributed by atoms with E-state index in [0.29, 0.717) is 19.0 Å². The number of sulfonamides is 1. The normalized spacial score (nSPS) is 28.5. The van der Waals surface area contributed by atoms with Crippen LogP contribution in [0.15, 0.2) is 0 Å². The van der Waals surface area contributed by atoms with Gasteiger partial charge in [0.15, 0.2) is 0 Å². The summed E-state index contributed by atoms with van der Waals surface area (Å²) in [7, 11) is -3.19. The minimum Gasteiger partial charge on any atom is -0.354 e. The van der Waals surface area contributed by atoms with Crippen molar-refractivity contribution in [2.45, 2.75) is 19.8 Å². The van der Waals surface area contributed by atoms with E-state index in [1.165, 1.54) is 0 Å². The predicted octanol–water partition coefficient (Wildman–Crippen LogP) is -0.973. The molecule has 6 nitrogen and oxygen atoms in total. The first kappa shape index (κ1) is 14.4. The highest BCUT2D eigenvalue weighted by molar-refractivity contribution is 7.88. The lowest BCUT2D eigenvalue weighted by molar-refractivity contribution is -0.137. The lowest BCUT2D eigenvalue weighted by atomic mass is 9.62. The van der Waals surface area contributed by atoms with Crippen LogP contribution in [0, 0.1) is 11.3 Å². The summed E-state index contributed by atoms with van der Waals surface area (Å²) in [5.74, 6) is 0.479. The van der Waals surface area contributed by atoms with Gasteiger partial charge in [0.25, 0.3) is 0 Å². The molecule has 1 aliphatic rings. The average molecular weight is 263 g/mol. The fourth-order valence-corrected chi connectivity index (χ4v) is 2.79. The van der Waals surface area contributed by atoms with Gasteiger partial charge in [-0.15, -0.1) is 0 Å². The Hall–Kier alpha value is -0.660. The Kier molecular flexibility index (Phi) is 4.51. The van der Waals surface area contributed by atoms with Crippen LogP contribution in [0.1, 0.15) is 19.8 Å². The fraction of sp³-hybridized carbons (Fsp3) is 0.900. The number of carbonyl (C=O) groups excluding carboxylic acids is 1. The second-order valence-electron chi connectivity index (χ2n) is 4.92. The Morgan fingerprint density at radius 3 is 2.41 bits per heavy atom. The highest BCUT2D eigenvalue weighted by atomic mass is 32.2. The standard InChI is InChI=1S/C10H21N3O3S/c1-8-5-10(6-8,7-11)9(14)12-3-4-13-17(2,15)16/h8,13H,3-7,11H2,1-2H3,(H,12,14). The van der Waals surface area contributed by atoms with Crippen LogP contribution >= 0.6 is 0 Å². The second-order valence-corrected chi connectivity index (χ2v) is 6.75. The van der Waals surface area contributed by atoms with Crippen LogP contribution in [0.5, 0.6) is 0 Å². The molecule has 0 aromatic rings. The molecule has 0 heterocycles. The maximum absolute atomic E-state index is 11.9. The molecule has 1 amide bonds. The van der Waals surface area contributed by atoms with Gasteiger partial charge in [0.1, 0.15) is 0 Å². The summed E-state index contributed by atoms with van der Waals surface area (Å²) in [6.45, 7) is 2.94. The summed E-state index contributed by atoms with van der Waals surface area (Å²) in [5, 5.41) is 2.72. The van der Waals surface area contributed by atoms with Crippen molar-refractivity contribution in [2.24, 2.45) is 17.1 Å². The molecule has 100 valence electrons. The van der Waals surface area contributed by atoms with Crippen LogP contribution in [0.2, 0.25) is 0 Å². The maximum atomic E-state index is 11.9. The lowest BCUT2D eigenvalue weighted by Crippen LogP contribution is -2.54. The van der Waals surface area contributed by atoms with Crippen molar-refractivity contribution in [1.29, 1.82) is 0 Å². The zero-order valence-electron chi connectivity index (χ0n) is 10.3. The van der Waals surface area contributed by atoms with E-state index < -0.39 is 15.4 Å². The first-order chi connectivity index (χ1) is 7.79. The third-order valence-electron chi connectivity index (χ3n) is 3.13. The highest BCUT2D eigenvalue weighted by Gasteiger charge is 2.46. The Balaban J connectivity index is 2.30. The van der Waals surface area contributed by atoms with Gasteiger partial charge in [-0.05, 0) is 18.8 Å². The molecule has 0 aromatic carbocycles. The summed E-state index contributed by atoms with van der Waals surface area (Å²) in [4.78, 5) is 11.9. The van der Waals surface area contributed by atoms with Gasteiger partial charge in [-0.25, -0.2) is 13.1 Å². The molecule has 0 saturated heterocycles. The Morgan fingerprint density at radius 2 is 2.00 bits per heavy atom. The van der Waals surface area contributed by atoms with Crippen LogP contribution in [0.25, 0.3) is 0 Å². The van der Waals surface area contributed by atoms with Crippen molar-refractivity contribution >= 4 is 15.9 Å². The van der Waals surface area contributed by atoms with Crippen LogP contribution in [0.4, 0.5) is 0 Å². The van der Waals surface area contributed by atoms with Crippen LogP contribution in [0.3, 0.4) is 0 Å². The Morgan fingerprint density at radius 1 is 1.41 bits per heavy atom. The topological polar surface area (TPSA) is 101 Å². The third-order valence-corrected chi connectivity index (χ3v) is 3.85. The molecule has 1 rings (SSSR count). The van der Waals surface area contributed by atoms with Crippen molar-refractivity contribution in [2.75, 3.05) is 25.9 Å². The molecule has 7 heteroatoms. The summed E-state index contributed by atoms with van der Waals surface area (Å²) >= 11 is 0. The van der Waals surface area contributed by atoms with Gasteiger partial charge in [-0.1, -0.05) is 6.92 Å². The molecule has 0 aliphatic heterocycles. The highest BCUT2D eigenvalue weighted by Crippen LogP contribution is 2.44. The van der Waals surface area contributed by atoms with Crippen LogP contribution in [-0.2, 0) is 14.8 Å². The Labute approximate surface area is 102 Å². The fourth-order valence-electron chi connectivity index (χ4n) is 2.32. The molecule has 0 bridgehead atoms. The van der Waals surface area contributed by atoms with Gasteiger partial charge in [-0.3, -0.25) is 4.79 Å². The van der Waals surface area contributed by atoms with Crippen molar-refractivity contribution in [3.63, 3.8) is 0 Å². The lowest BCUT2D eigenvalue weighted by Gasteiger charge is -2.44. The second kappa shape index (κ2) is 5.32. The van der Waals surface area contributed by atoms with Gasteiger partial charge in [-0.2, -0.15) is 0 Å². The van der Waals surface area contributed by atoms with E-state index in [-0.39, 0.29) is 12.5 Å². The van der Waals surface area contributed by atoms with E-state index in [2.05, 4.69) is 17.0 Å². The molecule has 1 aliphatic carbocycles. The van der Waals surface area contributed by atoms with Crippen LogP contribution < -0.4 is 15.8 Å². The van der Waals surface area contributed by atoms with Crippen molar-refractivity contribution in [3.8, 4) is 0 Å². The number of rotatable bonds is 6. The van der Waals surface area contributed by atoms with E-state index in [4.69, 9.17) is 5.73 Å². The number of nitrogens with two attached hydrogens (primary N) is 1. The van der Waals surface area contributed by atoms with Gasteiger partial charge in [0.05, 0.1) is 11.7 Å². The zero-order chi connectivity index (χ0) is 13.1. The molecule has 0 atom stereocenters. The molecule has 1 saturated carbocycles. The third kappa shape index (κ3) is 3.93. The monoisotopic (exact) mass is 263 g/mol. The molecule has 0 aromatic heterocycles. The summed E-state index contributed by atoms with van der Waals surface area (Å²) < 4.78 is 23.9. The number of hydrogen-bond donors (Lipinski definition) is 3. The summed E-state index contributed by atoms with van der Waals surface area (Å²) in [6.07, 6.45) is 2.72. The van der Waals surface area contributed by atoms with E-state index in [1.54, 1.807) is 0 Å². The first-order valence-electron chi connectivity index (χ1n) is 5.72. The van der Waals surface area contributed by atoms with E-state index in [1.807, 2.05) is 0 Å². The molecule has 0 unspecified atom stereocenters. The number of carbonyl (C=O) groups is 1. The molecular weight excluding hydrogens is 242 g/mol. The van der Waals surface area contributed by atoms with E-state index in [9.17, 15) is 13.2 Å².